The lowest BCUT2D eigenvalue weighted by atomic mass is 9.87. The van der Waals surface area contributed by atoms with Crippen molar-refractivity contribution in [2.45, 2.75) is 25.2 Å². The quantitative estimate of drug-likeness (QED) is 0.720. The SMILES string of the molecule is CC(=O)N1CCCN(CC(=O)N2C[C@H](c3ccc(Cl)cc3)[C@@H](c3csnn3)C2)CC1. The first-order valence-corrected chi connectivity index (χ1v) is 11.5. The Hall–Kier alpha value is -2.03. The second-order valence-electron chi connectivity index (χ2n) is 8.03. The Morgan fingerprint density at radius 3 is 2.53 bits per heavy atom. The van der Waals surface area contributed by atoms with E-state index in [0.29, 0.717) is 31.2 Å². The molecule has 2 aliphatic rings. The van der Waals surface area contributed by atoms with Crippen LogP contribution in [-0.2, 0) is 9.59 Å². The molecule has 9 heteroatoms. The monoisotopic (exact) mass is 447 g/mol. The van der Waals surface area contributed by atoms with Crippen molar-refractivity contribution < 1.29 is 9.59 Å². The van der Waals surface area contributed by atoms with Gasteiger partial charge in [0.05, 0.1) is 12.2 Å². The van der Waals surface area contributed by atoms with Crippen molar-refractivity contribution in [3.05, 3.63) is 45.9 Å². The molecule has 0 bridgehead atoms. The van der Waals surface area contributed by atoms with Gasteiger partial charge in [-0.05, 0) is 35.6 Å². The molecule has 0 N–H and O–H groups in total. The molecule has 4 rings (SSSR count). The number of carbonyl (C=O) groups is 2. The molecule has 7 nitrogen and oxygen atoms in total. The number of rotatable bonds is 4. The zero-order valence-electron chi connectivity index (χ0n) is 17.0. The van der Waals surface area contributed by atoms with Gasteiger partial charge in [-0.25, -0.2) is 0 Å². The maximum absolute atomic E-state index is 13.1. The molecule has 2 saturated heterocycles. The van der Waals surface area contributed by atoms with Crippen molar-refractivity contribution >= 4 is 34.9 Å². The average Bonchev–Trinajstić information content (AvgIpc) is 3.35. The summed E-state index contributed by atoms with van der Waals surface area (Å²) in [7, 11) is 0. The zero-order chi connectivity index (χ0) is 21.1. The molecule has 2 aromatic rings. The van der Waals surface area contributed by atoms with Gasteiger partial charge in [-0.3, -0.25) is 14.5 Å². The van der Waals surface area contributed by atoms with Crippen LogP contribution in [0.4, 0.5) is 0 Å². The molecule has 1 aromatic carbocycles. The minimum atomic E-state index is 0.105. The van der Waals surface area contributed by atoms with Gasteiger partial charge >= 0.3 is 0 Å². The number of aromatic nitrogens is 2. The van der Waals surface area contributed by atoms with Crippen LogP contribution in [0.3, 0.4) is 0 Å². The van der Waals surface area contributed by atoms with Gasteiger partial charge in [0.25, 0.3) is 0 Å². The molecule has 160 valence electrons. The van der Waals surface area contributed by atoms with Crippen molar-refractivity contribution in [1.29, 1.82) is 0 Å². The summed E-state index contributed by atoms with van der Waals surface area (Å²) in [6.45, 7) is 6.32. The Morgan fingerprint density at radius 2 is 1.83 bits per heavy atom. The van der Waals surface area contributed by atoms with E-state index in [1.807, 2.05) is 39.4 Å². The van der Waals surface area contributed by atoms with Gasteiger partial charge in [0, 0.05) is 68.4 Å². The molecule has 0 spiro atoms. The largest absolute Gasteiger partial charge is 0.342 e. The van der Waals surface area contributed by atoms with Crippen LogP contribution in [0, 0.1) is 0 Å². The number of halogens is 1. The third-order valence-electron chi connectivity index (χ3n) is 6.12. The van der Waals surface area contributed by atoms with E-state index in [1.54, 1.807) is 6.92 Å². The fraction of sp³-hybridized carbons (Fsp3) is 0.524. The highest BCUT2D eigenvalue weighted by Crippen LogP contribution is 2.39. The van der Waals surface area contributed by atoms with Crippen molar-refractivity contribution in [1.82, 2.24) is 24.3 Å². The van der Waals surface area contributed by atoms with Crippen LogP contribution in [0.2, 0.25) is 5.02 Å². The Bertz CT molecular complexity index is 876. The molecular weight excluding hydrogens is 422 g/mol. The van der Waals surface area contributed by atoms with Crippen LogP contribution in [0.5, 0.6) is 0 Å². The molecule has 0 saturated carbocycles. The van der Waals surface area contributed by atoms with Crippen LogP contribution >= 0.6 is 23.1 Å². The number of carbonyl (C=O) groups excluding carboxylic acids is 2. The van der Waals surface area contributed by atoms with E-state index >= 15 is 0 Å². The molecule has 2 amide bonds. The molecular formula is C21H26ClN5O2S. The van der Waals surface area contributed by atoms with E-state index in [0.717, 1.165) is 31.7 Å². The normalized spacial score (nSPS) is 22.9. The van der Waals surface area contributed by atoms with Crippen LogP contribution < -0.4 is 0 Å². The summed E-state index contributed by atoms with van der Waals surface area (Å²) in [6, 6.07) is 7.88. The number of likely N-dealkylation sites (tertiary alicyclic amines) is 1. The lowest BCUT2D eigenvalue weighted by Gasteiger charge is -2.24. The van der Waals surface area contributed by atoms with Crippen LogP contribution in [0.1, 0.15) is 36.4 Å². The average molecular weight is 448 g/mol. The summed E-state index contributed by atoms with van der Waals surface area (Å²) < 4.78 is 4.03. The lowest BCUT2D eigenvalue weighted by molar-refractivity contribution is -0.131. The molecule has 30 heavy (non-hydrogen) atoms. The van der Waals surface area contributed by atoms with Gasteiger partial charge in [0.1, 0.15) is 0 Å². The van der Waals surface area contributed by atoms with Gasteiger partial charge in [0.15, 0.2) is 0 Å². The molecule has 3 heterocycles. The summed E-state index contributed by atoms with van der Waals surface area (Å²) in [5.41, 5.74) is 2.11. The Kier molecular flexibility index (Phi) is 6.65. The third kappa shape index (κ3) is 4.82. The minimum Gasteiger partial charge on any atom is -0.342 e. The number of benzene rings is 1. The van der Waals surface area contributed by atoms with Crippen molar-refractivity contribution in [3.63, 3.8) is 0 Å². The first-order valence-electron chi connectivity index (χ1n) is 10.3. The van der Waals surface area contributed by atoms with Crippen molar-refractivity contribution in [2.75, 3.05) is 45.8 Å². The van der Waals surface area contributed by atoms with Crippen LogP contribution in [0.25, 0.3) is 0 Å². The standard InChI is InChI=1S/C21H26ClN5O2S/c1-15(28)26-8-2-7-25(9-10-26)13-21(29)27-11-18(16-3-5-17(22)6-4-16)19(12-27)20-14-30-24-23-20/h3-6,14,18-19H,2,7-13H2,1H3/t18-,19+/m1/s1. The highest BCUT2D eigenvalue weighted by atomic mass is 35.5. The van der Waals surface area contributed by atoms with E-state index in [-0.39, 0.29) is 23.7 Å². The van der Waals surface area contributed by atoms with E-state index in [4.69, 9.17) is 11.6 Å². The van der Waals surface area contributed by atoms with Crippen LogP contribution in [-0.4, -0.2) is 81.9 Å². The first-order chi connectivity index (χ1) is 14.5. The van der Waals surface area contributed by atoms with Crippen molar-refractivity contribution in [2.24, 2.45) is 0 Å². The summed E-state index contributed by atoms with van der Waals surface area (Å²) in [5.74, 6) is 0.544. The van der Waals surface area contributed by atoms with Gasteiger partial charge in [-0.15, -0.1) is 5.10 Å². The second kappa shape index (κ2) is 9.41. The highest BCUT2D eigenvalue weighted by molar-refractivity contribution is 7.03. The van der Waals surface area contributed by atoms with Crippen molar-refractivity contribution in [3.8, 4) is 0 Å². The number of hydrogen-bond donors (Lipinski definition) is 0. The van der Waals surface area contributed by atoms with E-state index in [2.05, 4.69) is 14.5 Å². The van der Waals surface area contributed by atoms with Gasteiger partial charge < -0.3 is 9.80 Å². The maximum atomic E-state index is 13.1. The first kappa shape index (κ1) is 21.2. The molecule has 0 radical (unpaired) electrons. The van der Waals surface area contributed by atoms with E-state index in [1.165, 1.54) is 17.1 Å². The Balaban J connectivity index is 1.44. The Labute approximate surface area is 185 Å². The minimum absolute atomic E-state index is 0.105. The van der Waals surface area contributed by atoms with E-state index in [9.17, 15) is 9.59 Å². The fourth-order valence-electron chi connectivity index (χ4n) is 4.42. The molecule has 0 unspecified atom stereocenters. The number of nitrogens with zero attached hydrogens (tertiary/aromatic N) is 5. The van der Waals surface area contributed by atoms with Gasteiger partial charge in [0.2, 0.25) is 11.8 Å². The zero-order valence-corrected chi connectivity index (χ0v) is 18.6. The maximum Gasteiger partial charge on any atom is 0.236 e. The smallest absolute Gasteiger partial charge is 0.236 e. The summed E-state index contributed by atoms with van der Waals surface area (Å²) in [5, 5.41) is 6.98. The molecule has 1 aromatic heterocycles. The topological polar surface area (TPSA) is 69.6 Å². The summed E-state index contributed by atoms with van der Waals surface area (Å²) >= 11 is 7.41. The highest BCUT2D eigenvalue weighted by Gasteiger charge is 2.38. The van der Waals surface area contributed by atoms with E-state index < -0.39 is 0 Å². The number of amides is 2. The molecule has 2 atom stereocenters. The summed E-state index contributed by atoms with van der Waals surface area (Å²) in [4.78, 5) is 30.8. The van der Waals surface area contributed by atoms with Crippen LogP contribution in [0.15, 0.2) is 29.6 Å². The fourth-order valence-corrected chi connectivity index (χ4v) is 5.07. The van der Waals surface area contributed by atoms with Gasteiger partial charge in [-0.2, -0.15) is 0 Å². The lowest BCUT2D eigenvalue weighted by Crippen LogP contribution is -2.41. The molecule has 2 aliphatic heterocycles. The second-order valence-corrected chi connectivity index (χ2v) is 9.08. The third-order valence-corrected chi connectivity index (χ3v) is 6.90. The number of hydrogen-bond acceptors (Lipinski definition) is 6. The predicted octanol–water partition coefficient (Wildman–Crippen LogP) is 2.46. The molecule has 0 aliphatic carbocycles. The molecule has 2 fully saturated rings. The Morgan fingerprint density at radius 1 is 1.07 bits per heavy atom. The predicted molar refractivity (Wildman–Crippen MR) is 117 cm³/mol. The summed E-state index contributed by atoms with van der Waals surface area (Å²) in [6.07, 6.45) is 0.896. The van der Waals surface area contributed by atoms with Gasteiger partial charge in [-0.1, -0.05) is 28.2 Å².